The predicted molar refractivity (Wildman–Crippen MR) is 131 cm³/mol. The van der Waals surface area contributed by atoms with Crippen molar-refractivity contribution in [3.05, 3.63) is 59.4 Å². The molecule has 1 fully saturated rings. The van der Waals surface area contributed by atoms with Crippen LogP contribution in [0.1, 0.15) is 39.6 Å². The van der Waals surface area contributed by atoms with Crippen molar-refractivity contribution in [3.8, 4) is 17.4 Å². The Kier molecular flexibility index (Phi) is 9.50. The topological polar surface area (TPSA) is 126 Å². The lowest BCUT2D eigenvalue weighted by atomic mass is 10.1. The van der Waals surface area contributed by atoms with Crippen molar-refractivity contribution < 1.29 is 32.6 Å². The minimum atomic E-state index is -2.94. The maximum atomic E-state index is 12.8. The number of aryl methyl sites for hydroxylation is 1. The van der Waals surface area contributed by atoms with Gasteiger partial charge in [-0.05, 0) is 50.7 Å². The van der Waals surface area contributed by atoms with Crippen molar-refractivity contribution in [1.82, 2.24) is 20.5 Å². The zero-order valence-electron chi connectivity index (χ0n) is 20.7. The molecule has 0 saturated carbocycles. The lowest BCUT2D eigenvalue weighted by molar-refractivity contribution is -0.142. The van der Waals surface area contributed by atoms with Crippen molar-refractivity contribution in [1.29, 1.82) is 5.41 Å². The number of alkyl halides is 2. The number of hydrogen-bond donors (Lipinski definition) is 3. The quantitative estimate of drug-likeness (QED) is 0.308. The van der Waals surface area contributed by atoms with Gasteiger partial charge < -0.3 is 29.7 Å². The first-order valence-corrected chi connectivity index (χ1v) is 11.5. The van der Waals surface area contributed by atoms with Crippen LogP contribution in [0.25, 0.3) is 0 Å². The number of amidine groups is 1. The molecule has 2 amide bonds. The molecule has 0 spiro atoms. The fraction of sp³-hybridized carbons (Fsp3) is 0.360. The molecule has 2 heterocycles. The highest BCUT2D eigenvalue weighted by Gasteiger charge is 2.23. The number of nitrogens with one attached hydrogen (secondary N) is 3. The first-order valence-electron chi connectivity index (χ1n) is 11.5. The number of benzene rings is 1. The van der Waals surface area contributed by atoms with E-state index < -0.39 is 18.6 Å². The molecular formula is C25H29F2N5O5. The van der Waals surface area contributed by atoms with Gasteiger partial charge in [0, 0.05) is 43.5 Å². The predicted octanol–water partition coefficient (Wildman–Crippen LogP) is 3.47. The molecule has 0 radical (unpaired) electrons. The molecular weight excluding hydrogens is 488 g/mol. The minimum absolute atomic E-state index is 0.0966. The third kappa shape index (κ3) is 7.97. The highest BCUT2D eigenvalue weighted by atomic mass is 19.3. The summed E-state index contributed by atoms with van der Waals surface area (Å²) in [6.07, 6.45) is 4.48. The number of halogens is 2. The van der Waals surface area contributed by atoms with Gasteiger partial charge in [-0.2, -0.15) is 8.78 Å². The van der Waals surface area contributed by atoms with Crippen molar-refractivity contribution in [2.75, 3.05) is 26.7 Å². The summed E-state index contributed by atoms with van der Waals surface area (Å²) >= 11 is 0. The van der Waals surface area contributed by atoms with E-state index in [9.17, 15) is 18.4 Å². The maximum absolute atomic E-state index is 12.8. The van der Waals surface area contributed by atoms with Gasteiger partial charge in [-0.3, -0.25) is 15.0 Å². The van der Waals surface area contributed by atoms with E-state index in [1.165, 1.54) is 43.6 Å². The summed E-state index contributed by atoms with van der Waals surface area (Å²) in [5.74, 6) is -0.323. The van der Waals surface area contributed by atoms with Crippen LogP contribution in [0.3, 0.4) is 0 Å². The van der Waals surface area contributed by atoms with Gasteiger partial charge in [0.2, 0.25) is 5.88 Å². The largest absolute Gasteiger partial charge is 0.488 e. The van der Waals surface area contributed by atoms with Crippen LogP contribution in [0.4, 0.5) is 8.78 Å². The van der Waals surface area contributed by atoms with Gasteiger partial charge in [0.15, 0.2) is 0 Å². The van der Waals surface area contributed by atoms with Crippen LogP contribution in [0.2, 0.25) is 0 Å². The first kappa shape index (κ1) is 27.5. The SMILES string of the molecule is CN/C=C\C(=N)NC(=O)c1cc(Oc2ncc(C(=O)N3CCC3)cc2C)cc(O[C@@H](C)COC(F)F)c1. The number of hydrogen-bond acceptors (Lipinski definition) is 8. The maximum Gasteiger partial charge on any atom is 0.345 e. The Morgan fingerprint density at radius 1 is 1.19 bits per heavy atom. The van der Waals surface area contributed by atoms with Crippen LogP contribution >= 0.6 is 0 Å². The van der Waals surface area contributed by atoms with E-state index in [4.69, 9.17) is 14.9 Å². The van der Waals surface area contributed by atoms with Gasteiger partial charge in [0.25, 0.3) is 11.8 Å². The zero-order chi connectivity index (χ0) is 26.9. The summed E-state index contributed by atoms with van der Waals surface area (Å²) in [5.41, 5.74) is 1.14. The summed E-state index contributed by atoms with van der Waals surface area (Å²) in [7, 11) is 1.65. The number of carbonyl (C=O) groups is 2. The lowest BCUT2D eigenvalue weighted by Crippen LogP contribution is -2.42. The van der Waals surface area contributed by atoms with Crippen LogP contribution in [0.15, 0.2) is 42.7 Å². The molecule has 3 N–H and O–H groups in total. The fourth-order valence-electron chi connectivity index (χ4n) is 3.31. The van der Waals surface area contributed by atoms with E-state index in [0.29, 0.717) is 11.1 Å². The summed E-state index contributed by atoms with van der Waals surface area (Å²) in [5, 5.41) is 13.0. The van der Waals surface area contributed by atoms with Gasteiger partial charge >= 0.3 is 6.61 Å². The van der Waals surface area contributed by atoms with Crippen molar-refractivity contribution in [3.63, 3.8) is 0 Å². The average Bonchev–Trinajstić information content (AvgIpc) is 2.81. The first-order chi connectivity index (χ1) is 17.7. The Morgan fingerprint density at radius 2 is 1.92 bits per heavy atom. The third-order valence-corrected chi connectivity index (χ3v) is 5.24. The second-order valence-electron chi connectivity index (χ2n) is 8.30. The smallest absolute Gasteiger partial charge is 0.345 e. The Hall–Kier alpha value is -4.06. The number of pyridine rings is 1. The molecule has 1 aliphatic rings. The number of carbonyl (C=O) groups excluding carboxylic acids is 2. The normalized spacial score (nSPS) is 13.7. The summed E-state index contributed by atoms with van der Waals surface area (Å²) in [6, 6.07) is 5.97. The van der Waals surface area contributed by atoms with E-state index in [1.54, 1.807) is 24.9 Å². The molecule has 0 bridgehead atoms. The fourth-order valence-corrected chi connectivity index (χ4v) is 3.31. The molecule has 1 aromatic carbocycles. The number of amides is 2. The molecule has 1 saturated heterocycles. The Balaban J connectivity index is 1.83. The summed E-state index contributed by atoms with van der Waals surface area (Å²) in [4.78, 5) is 31.2. The molecule has 37 heavy (non-hydrogen) atoms. The number of aromatic nitrogens is 1. The van der Waals surface area contributed by atoms with E-state index in [2.05, 4.69) is 20.4 Å². The second kappa shape index (κ2) is 12.8. The molecule has 3 rings (SSSR count). The standard InChI is InChI=1S/C25H29F2N5O5/c1-15-9-18(24(34)32-7-4-8-32)13-30-23(15)37-20-11-17(22(33)31-21(28)5-6-29-3)10-19(12-20)36-16(2)14-35-25(26)27/h5-6,9-13,16,25,29H,4,7-8,14H2,1-3H3,(H2,28,31,33)/b6-5-/t16-/m0/s1. The van der Waals surface area contributed by atoms with E-state index in [1.807, 2.05) is 0 Å². The van der Waals surface area contributed by atoms with Crippen molar-refractivity contribution in [2.24, 2.45) is 0 Å². The van der Waals surface area contributed by atoms with Gasteiger partial charge in [-0.25, -0.2) is 4.98 Å². The van der Waals surface area contributed by atoms with Gasteiger partial charge in [0.1, 0.15) is 23.4 Å². The van der Waals surface area contributed by atoms with Crippen LogP contribution in [-0.2, 0) is 4.74 Å². The zero-order valence-corrected chi connectivity index (χ0v) is 20.7. The van der Waals surface area contributed by atoms with Crippen LogP contribution in [-0.4, -0.2) is 67.0 Å². The van der Waals surface area contributed by atoms with E-state index in [-0.39, 0.29) is 41.3 Å². The van der Waals surface area contributed by atoms with Gasteiger partial charge in [0.05, 0.1) is 12.2 Å². The molecule has 10 nitrogen and oxygen atoms in total. The van der Waals surface area contributed by atoms with Crippen molar-refractivity contribution >= 4 is 17.6 Å². The van der Waals surface area contributed by atoms with Gasteiger partial charge in [-0.15, -0.1) is 0 Å². The van der Waals surface area contributed by atoms with Gasteiger partial charge in [-0.1, -0.05) is 0 Å². The number of nitrogens with zero attached hydrogens (tertiary/aromatic N) is 2. The molecule has 198 valence electrons. The molecule has 0 unspecified atom stereocenters. The second-order valence-corrected chi connectivity index (χ2v) is 8.30. The lowest BCUT2D eigenvalue weighted by Gasteiger charge is -2.30. The molecule has 2 aromatic rings. The van der Waals surface area contributed by atoms with Crippen molar-refractivity contribution in [2.45, 2.75) is 33.0 Å². The highest BCUT2D eigenvalue weighted by molar-refractivity contribution is 6.09. The third-order valence-electron chi connectivity index (χ3n) is 5.24. The average molecular weight is 518 g/mol. The van der Waals surface area contributed by atoms with Crippen LogP contribution in [0, 0.1) is 12.3 Å². The Labute approximate surface area is 213 Å². The molecule has 12 heteroatoms. The van der Waals surface area contributed by atoms with E-state index in [0.717, 1.165) is 19.5 Å². The Bertz CT molecular complexity index is 1170. The Morgan fingerprint density at radius 3 is 2.54 bits per heavy atom. The monoisotopic (exact) mass is 517 g/mol. The number of rotatable bonds is 11. The molecule has 1 aromatic heterocycles. The minimum Gasteiger partial charge on any atom is -0.488 e. The van der Waals surface area contributed by atoms with Crippen LogP contribution < -0.4 is 20.1 Å². The molecule has 1 atom stereocenters. The molecule has 0 aliphatic carbocycles. The summed E-state index contributed by atoms with van der Waals surface area (Å²) in [6.45, 7) is 1.39. The molecule has 1 aliphatic heterocycles. The number of likely N-dealkylation sites (tertiary alicyclic amines) is 1. The summed E-state index contributed by atoms with van der Waals surface area (Å²) < 4.78 is 40.6. The van der Waals surface area contributed by atoms with E-state index >= 15 is 0 Å². The highest BCUT2D eigenvalue weighted by Crippen LogP contribution is 2.29. The van der Waals surface area contributed by atoms with Crippen LogP contribution in [0.5, 0.6) is 17.4 Å². The number of ether oxygens (including phenoxy) is 3.